The first-order chi connectivity index (χ1) is 17.2. The summed E-state index contributed by atoms with van der Waals surface area (Å²) in [4.78, 5) is 0. The maximum atomic E-state index is 9.96. The van der Waals surface area contributed by atoms with Crippen LogP contribution in [0.5, 0.6) is 5.75 Å². The summed E-state index contributed by atoms with van der Waals surface area (Å²) >= 11 is 0. The summed E-state index contributed by atoms with van der Waals surface area (Å²) < 4.78 is 5.96. The van der Waals surface area contributed by atoms with Crippen LogP contribution in [0.2, 0.25) is 0 Å². The number of nitriles is 1. The van der Waals surface area contributed by atoms with Crippen molar-refractivity contribution < 1.29 is 4.74 Å². The summed E-state index contributed by atoms with van der Waals surface area (Å²) in [7, 11) is 0. The highest BCUT2D eigenvalue weighted by Gasteiger charge is 2.31. The van der Waals surface area contributed by atoms with Crippen molar-refractivity contribution >= 4 is 0 Å². The second kappa shape index (κ2) is 16.3. The van der Waals surface area contributed by atoms with Crippen molar-refractivity contribution in [2.24, 2.45) is 23.7 Å². The van der Waals surface area contributed by atoms with E-state index in [1.807, 2.05) is 0 Å². The van der Waals surface area contributed by atoms with E-state index in [-0.39, 0.29) is 0 Å². The van der Waals surface area contributed by atoms with Gasteiger partial charge in [-0.25, -0.2) is 0 Å². The molecule has 0 heterocycles. The van der Waals surface area contributed by atoms with Gasteiger partial charge >= 0.3 is 0 Å². The second-order valence-corrected chi connectivity index (χ2v) is 11.8. The Kier molecular flexibility index (Phi) is 13.1. The van der Waals surface area contributed by atoms with Crippen molar-refractivity contribution in [2.45, 2.75) is 135 Å². The number of benzene rings is 1. The van der Waals surface area contributed by atoms with Crippen molar-refractivity contribution in [3.63, 3.8) is 0 Å². The van der Waals surface area contributed by atoms with Crippen molar-refractivity contribution in [1.82, 2.24) is 0 Å². The quantitative estimate of drug-likeness (QED) is 0.234. The third-order valence-electron chi connectivity index (χ3n) is 9.14. The number of rotatable bonds is 15. The van der Waals surface area contributed by atoms with E-state index in [1.165, 1.54) is 108 Å². The molecule has 0 radical (unpaired) electrons. The van der Waals surface area contributed by atoms with E-state index in [0.29, 0.717) is 17.8 Å². The fraction of sp³-hybridized carbons (Fsp3) is 0.788. The first-order valence-corrected chi connectivity index (χ1v) is 15.4. The van der Waals surface area contributed by atoms with Crippen LogP contribution < -0.4 is 4.74 Å². The molecule has 2 fully saturated rings. The molecule has 2 saturated carbocycles. The van der Waals surface area contributed by atoms with Gasteiger partial charge in [-0.1, -0.05) is 90.2 Å². The number of unbranched alkanes of at least 4 members (excludes halogenated alkanes) is 6. The van der Waals surface area contributed by atoms with Gasteiger partial charge in [0.15, 0.2) is 0 Å². The summed E-state index contributed by atoms with van der Waals surface area (Å²) in [6.45, 7) is 5.40. The van der Waals surface area contributed by atoms with E-state index in [9.17, 15) is 5.26 Å². The van der Waals surface area contributed by atoms with Gasteiger partial charge in [-0.2, -0.15) is 5.26 Å². The van der Waals surface area contributed by atoms with Crippen LogP contribution in [-0.4, -0.2) is 6.61 Å². The second-order valence-electron chi connectivity index (χ2n) is 11.8. The number of ether oxygens (including phenoxy) is 1. The highest BCUT2D eigenvalue weighted by Crippen LogP contribution is 2.42. The fourth-order valence-electron chi connectivity index (χ4n) is 6.74. The molecule has 0 aliphatic heterocycles. The van der Waals surface area contributed by atoms with E-state index in [0.717, 1.165) is 37.0 Å². The molecule has 0 aromatic heterocycles. The molecule has 1 aromatic rings. The zero-order valence-electron chi connectivity index (χ0n) is 23.0. The zero-order chi connectivity index (χ0) is 24.7. The Bertz CT molecular complexity index is 704. The van der Waals surface area contributed by atoms with E-state index in [4.69, 9.17) is 4.74 Å². The van der Waals surface area contributed by atoms with E-state index in [2.05, 4.69) is 44.2 Å². The number of hydrogen-bond donors (Lipinski definition) is 0. The molecule has 1 unspecified atom stereocenters. The smallest absolute Gasteiger partial charge is 0.119 e. The Balaban J connectivity index is 1.34. The molecule has 2 aliphatic carbocycles. The van der Waals surface area contributed by atoms with Gasteiger partial charge in [-0.05, 0) is 92.7 Å². The maximum Gasteiger partial charge on any atom is 0.119 e. The minimum Gasteiger partial charge on any atom is -0.494 e. The van der Waals surface area contributed by atoms with E-state index < -0.39 is 0 Å². The van der Waals surface area contributed by atoms with Crippen molar-refractivity contribution in [1.29, 1.82) is 5.26 Å². The lowest BCUT2D eigenvalue weighted by molar-refractivity contribution is 0.187. The fourth-order valence-corrected chi connectivity index (χ4v) is 6.74. The van der Waals surface area contributed by atoms with Crippen LogP contribution in [0.25, 0.3) is 0 Å². The molecule has 0 spiro atoms. The lowest BCUT2D eigenvalue weighted by Gasteiger charge is -2.34. The largest absolute Gasteiger partial charge is 0.494 e. The van der Waals surface area contributed by atoms with Crippen molar-refractivity contribution in [3.05, 3.63) is 29.8 Å². The molecule has 1 atom stereocenters. The normalized spacial score (nSPS) is 25.6. The average Bonchev–Trinajstić information content (AvgIpc) is 2.91. The summed E-state index contributed by atoms with van der Waals surface area (Å²) in [6.07, 6.45) is 23.6. The Morgan fingerprint density at radius 2 is 1.40 bits per heavy atom. The van der Waals surface area contributed by atoms with Gasteiger partial charge in [-0.15, -0.1) is 0 Å². The van der Waals surface area contributed by atoms with Crippen LogP contribution in [0.3, 0.4) is 0 Å². The molecular weight excluding hydrogens is 426 g/mol. The first kappa shape index (κ1) is 28.1. The first-order valence-electron chi connectivity index (χ1n) is 15.4. The zero-order valence-corrected chi connectivity index (χ0v) is 23.0. The standard InChI is InChI=1S/C33H53NO/c1-3-5-7-8-10-24-35-33-22-20-30(21-23-33)29-18-14-28(15-19-29)25-32(26-34)31-16-12-27(13-17-31)11-9-6-4-2/h20-23,27-29,31-32H,3-19,24-25H2,1-2H3/t27-,28-,29-,31-,32?. The van der Waals surface area contributed by atoms with Crippen molar-refractivity contribution in [2.75, 3.05) is 6.61 Å². The monoisotopic (exact) mass is 479 g/mol. The van der Waals surface area contributed by atoms with Crippen LogP contribution >= 0.6 is 0 Å². The van der Waals surface area contributed by atoms with Crippen LogP contribution in [0.15, 0.2) is 24.3 Å². The van der Waals surface area contributed by atoms with Crippen molar-refractivity contribution in [3.8, 4) is 11.8 Å². The van der Waals surface area contributed by atoms with E-state index >= 15 is 0 Å². The predicted molar refractivity (Wildman–Crippen MR) is 149 cm³/mol. The number of nitrogens with zero attached hydrogens (tertiary/aromatic N) is 1. The summed E-state index contributed by atoms with van der Waals surface area (Å²) in [5.74, 6) is 4.37. The molecule has 1 aromatic carbocycles. The van der Waals surface area contributed by atoms with Crippen LogP contribution in [0.4, 0.5) is 0 Å². The van der Waals surface area contributed by atoms with Gasteiger partial charge in [-0.3, -0.25) is 0 Å². The molecule has 2 nitrogen and oxygen atoms in total. The van der Waals surface area contributed by atoms with Gasteiger partial charge in [0.05, 0.1) is 12.7 Å². The third kappa shape index (κ3) is 9.82. The molecule has 0 bridgehead atoms. The van der Waals surface area contributed by atoms with E-state index in [1.54, 1.807) is 0 Å². The predicted octanol–water partition coefficient (Wildman–Crippen LogP) is 10.2. The Hall–Kier alpha value is -1.49. The topological polar surface area (TPSA) is 33.0 Å². The third-order valence-corrected chi connectivity index (χ3v) is 9.14. The molecule has 35 heavy (non-hydrogen) atoms. The highest BCUT2D eigenvalue weighted by molar-refractivity contribution is 5.29. The van der Waals surface area contributed by atoms with Crippen LogP contribution in [0, 0.1) is 35.0 Å². The van der Waals surface area contributed by atoms with Crippen LogP contribution in [-0.2, 0) is 0 Å². The number of hydrogen-bond acceptors (Lipinski definition) is 2. The lowest BCUT2D eigenvalue weighted by Crippen LogP contribution is -2.24. The maximum absolute atomic E-state index is 9.96. The molecule has 2 aliphatic rings. The van der Waals surface area contributed by atoms with Gasteiger partial charge in [0.1, 0.15) is 5.75 Å². The van der Waals surface area contributed by atoms with Gasteiger partial charge in [0, 0.05) is 5.92 Å². The van der Waals surface area contributed by atoms with Gasteiger partial charge in [0.25, 0.3) is 0 Å². The Labute approximate surface area is 217 Å². The minimum absolute atomic E-state index is 0.298. The summed E-state index contributed by atoms with van der Waals surface area (Å²) in [5, 5.41) is 9.96. The van der Waals surface area contributed by atoms with Gasteiger partial charge < -0.3 is 4.74 Å². The van der Waals surface area contributed by atoms with Crippen LogP contribution in [0.1, 0.15) is 141 Å². The molecule has 0 saturated heterocycles. The lowest BCUT2D eigenvalue weighted by atomic mass is 9.70. The summed E-state index contributed by atoms with van der Waals surface area (Å²) in [6, 6.07) is 11.7. The highest BCUT2D eigenvalue weighted by atomic mass is 16.5. The molecule has 3 rings (SSSR count). The van der Waals surface area contributed by atoms with Gasteiger partial charge in [0.2, 0.25) is 0 Å². The molecule has 2 heteroatoms. The Morgan fingerprint density at radius 1 is 0.771 bits per heavy atom. The Morgan fingerprint density at radius 3 is 2.06 bits per heavy atom. The molecular formula is C33H53NO. The average molecular weight is 480 g/mol. The molecule has 0 N–H and O–H groups in total. The SMILES string of the molecule is CCCCCCCOc1ccc([C@H]2CC[C@H](CC(C#N)[C@H]3CC[C@H](CCCCC)CC3)CC2)cc1. The molecule has 0 amide bonds. The minimum atomic E-state index is 0.298. The summed E-state index contributed by atoms with van der Waals surface area (Å²) in [5.41, 5.74) is 1.48. The molecule has 196 valence electrons.